The fourth-order valence-electron chi connectivity index (χ4n) is 3.86. The Balaban J connectivity index is 1.45. The maximum atomic E-state index is 13.4. The van der Waals surface area contributed by atoms with E-state index >= 15 is 0 Å². The molecule has 1 aliphatic rings. The SMILES string of the molecule is O=C(Cn1cnc2ccccc2c1=O)N(C/C=C/c1ccccc1)c1ccc2c(c1)OCCO2. The summed E-state index contributed by atoms with van der Waals surface area (Å²) in [5.41, 5.74) is 2.05. The number of hydrogen-bond donors (Lipinski definition) is 0. The van der Waals surface area contributed by atoms with Crippen LogP contribution in [0.4, 0.5) is 5.69 Å². The van der Waals surface area contributed by atoms with Crippen LogP contribution >= 0.6 is 0 Å². The van der Waals surface area contributed by atoms with E-state index in [1.54, 1.807) is 35.2 Å². The lowest BCUT2D eigenvalue weighted by Gasteiger charge is -2.25. The zero-order valence-electron chi connectivity index (χ0n) is 18.5. The van der Waals surface area contributed by atoms with Crippen LogP contribution in [-0.4, -0.2) is 35.2 Å². The van der Waals surface area contributed by atoms with Gasteiger partial charge < -0.3 is 14.4 Å². The minimum atomic E-state index is -0.249. The molecule has 0 saturated carbocycles. The monoisotopic (exact) mass is 453 g/mol. The van der Waals surface area contributed by atoms with E-state index in [0.29, 0.717) is 47.8 Å². The molecule has 7 nitrogen and oxygen atoms in total. The van der Waals surface area contributed by atoms with Gasteiger partial charge in [0, 0.05) is 18.3 Å². The van der Waals surface area contributed by atoms with Gasteiger partial charge in [0.25, 0.3) is 5.56 Å². The lowest BCUT2D eigenvalue weighted by atomic mass is 10.2. The highest BCUT2D eigenvalue weighted by Crippen LogP contribution is 2.34. The Hall–Kier alpha value is -4.39. The first-order valence-corrected chi connectivity index (χ1v) is 11.0. The van der Waals surface area contributed by atoms with Crippen molar-refractivity contribution in [1.82, 2.24) is 9.55 Å². The van der Waals surface area contributed by atoms with Crippen molar-refractivity contribution in [2.24, 2.45) is 0 Å². The van der Waals surface area contributed by atoms with E-state index in [9.17, 15) is 9.59 Å². The van der Waals surface area contributed by atoms with Gasteiger partial charge in [-0.1, -0.05) is 54.6 Å². The summed E-state index contributed by atoms with van der Waals surface area (Å²) in [6, 6.07) is 22.4. The van der Waals surface area contributed by atoms with E-state index in [2.05, 4.69) is 4.98 Å². The standard InChI is InChI=1S/C27H23N3O4/c31-26(18-29-19-28-23-11-5-4-10-22(23)27(29)32)30(14-6-9-20-7-2-1-3-8-20)21-12-13-24-25(17-21)34-16-15-33-24/h1-13,17,19H,14-16,18H2/b9-6+. The molecule has 0 spiro atoms. The molecule has 1 aliphatic heterocycles. The van der Waals surface area contributed by atoms with Crippen molar-refractivity contribution in [2.45, 2.75) is 6.54 Å². The average Bonchev–Trinajstić information content (AvgIpc) is 2.89. The number of nitrogens with zero attached hydrogens (tertiary/aromatic N) is 3. The first-order valence-electron chi connectivity index (χ1n) is 11.0. The zero-order valence-corrected chi connectivity index (χ0v) is 18.5. The second-order valence-electron chi connectivity index (χ2n) is 7.84. The molecule has 1 amide bonds. The van der Waals surface area contributed by atoms with Crippen molar-refractivity contribution in [3.8, 4) is 11.5 Å². The van der Waals surface area contributed by atoms with Crippen LogP contribution in [0.1, 0.15) is 5.56 Å². The smallest absolute Gasteiger partial charge is 0.261 e. The van der Waals surface area contributed by atoms with E-state index in [1.165, 1.54) is 10.9 Å². The number of fused-ring (bicyclic) bond motifs is 2. The van der Waals surface area contributed by atoms with Crippen LogP contribution in [0.15, 0.2) is 90.0 Å². The molecule has 2 heterocycles. The summed E-state index contributed by atoms with van der Waals surface area (Å²) >= 11 is 0. The molecule has 0 N–H and O–H groups in total. The van der Waals surface area contributed by atoms with E-state index < -0.39 is 0 Å². The van der Waals surface area contributed by atoms with Crippen LogP contribution < -0.4 is 19.9 Å². The highest BCUT2D eigenvalue weighted by Gasteiger charge is 2.20. The van der Waals surface area contributed by atoms with Crippen LogP contribution in [0.2, 0.25) is 0 Å². The van der Waals surface area contributed by atoms with Gasteiger partial charge in [-0.25, -0.2) is 4.98 Å². The number of benzene rings is 3. The summed E-state index contributed by atoms with van der Waals surface area (Å²) in [7, 11) is 0. The molecule has 0 saturated heterocycles. The van der Waals surface area contributed by atoms with Gasteiger partial charge in [0.05, 0.1) is 17.2 Å². The Morgan fingerprint density at radius 3 is 2.59 bits per heavy atom. The van der Waals surface area contributed by atoms with Gasteiger partial charge in [-0.2, -0.15) is 0 Å². The second-order valence-corrected chi connectivity index (χ2v) is 7.84. The number of rotatable bonds is 6. The van der Waals surface area contributed by atoms with Crippen molar-refractivity contribution in [2.75, 3.05) is 24.7 Å². The van der Waals surface area contributed by atoms with Crippen LogP contribution in [0.5, 0.6) is 11.5 Å². The summed E-state index contributed by atoms with van der Waals surface area (Å²) in [6.07, 6.45) is 5.30. The molecule has 3 aromatic carbocycles. The minimum absolute atomic E-state index is 0.135. The van der Waals surface area contributed by atoms with E-state index in [0.717, 1.165) is 5.56 Å². The average molecular weight is 453 g/mol. The number of ether oxygens (including phenoxy) is 2. The Labute approximate surface area is 196 Å². The predicted octanol–water partition coefficient (Wildman–Crippen LogP) is 3.91. The molecule has 0 bridgehead atoms. The van der Waals surface area contributed by atoms with Crippen LogP contribution in [-0.2, 0) is 11.3 Å². The van der Waals surface area contributed by atoms with E-state index in [-0.39, 0.29) is 18.0 Å². The molecule has 0 aliphatic carbocycles. The molecule has 1 aromatic heterocycles. The lowest BCUT2D eigenvalue weighted by Crippen LogP contribution is -2.37. The third-order valence-electron chi connectivity index (χ3n) is 5.57. The zero-order chi connectivity index (χ0) is 23.3. The molecular weight excluding hydrogens is 430 g/mol. The lowest BCUT2D eigenvalue weighted by molar-refractivity contribution is -0.119. The fraction of sp³-hybridized carbons (Fsp3) is 0.148. The fourth-order valence-corrected chi connectivity index (χ4v) is 3.86. The van der Waals surface area contributed by atoms with Crippen LogP contribution in [0.3, 0.4) is 0 Å². The normalized spacial score (nSPS) is 12.7. The number of para-hydroxylation sites is 1. The van der Waals surface area contributed by atoms with Gasteiger partial charge in [-0.05, 0) is 29.8 Å². The molecule has 0 radical (unpaired) electrons. The summed E-state index contributed by atoms with van der Waals surface area (Å²) in [4.78, 5) is 32.3. The number of hydrogen-bond acceptors (Lipinski definition) is 5. The quantitative estimate of drug-likeness (QED) is 0.443. The summed E-state index contributed by atoms with van der Waals surface area (Å²) in [5, 5.41) is 0.479. The van der Waals surface area contributed by atoms with Gasteiger partial charge >= 0.3 is 0 Å². The largest absolute Gasteiger partial charge is 0.486 e. The number of amides is 1. The first-order chi connectivity index (χ1) is 16.7. The molecule has 4 aromatic rings. The summed E-state index contributed by atoms with van der Waals surface area (Å²) in [6.45, 7) is 1.14. The summed E-state index contributed by atoms with van der Waals surface area (Å²) < 4.78 is 12.7. The molecule has 7 heteroatoms. The number of carbonyl (C=O) groups is 1. The summed E-state index contributed by atoms with van der Waals surface area (Å²) in [5.74, 6) is 1.00. The van der Waals surface area contributed by atoms with Gasteiger partial charge in [-0.3, -0.25) is 14.2 Å². The molecule has 170 valence electrons. The number of aromatic nitrogens is 2. The molecule has 0 atom stereocenters. The molecule has 0 fully saturated rings. The molecular formula is C27H23N3O4. The second kappa shape index (κ2) is 9.62. The molecule has 0 unspecified atom stereocenters. The Morgan fingerprint density at radius 2 is 1.74 bits per heavy atom. The highest BCUT2D eigenvalue weighted by molar-refractivity contribution is 5.94. The number of carbonyl (C=O) groups excluding carboxylic acids is 1. The van der Waals surface area contributed by atoms with Crippen molar-refractivity contribution < 1.29 is 14.3 Å². The maximum absolute atomic E-state index is 13.4. The van der Waals surface area contributed by atoms with Gasteiger partial charge in [0.15, 0.2) is 11.5 Å². The Kier molecular flexibility index (Phi) is 6.07. The topological polar surface area (TPSA) is 73.7 Å². The van der Waals surface area contributed by atoms with E-state index in [1.807, 2.05) is 54.6 Å². The maximum Gasteiger partial charge on any atom is 0.261 e. The van der Waals surface area contributed by atoms with Gasteiger partial charge in [-0.15, -0.1) is 0 Å². The van der Waals surface area contributed by atoms with Crippen LogP contribution in [0, 0.1) is 0 Å². The molecule has 34 heavy (non-hydrogen) atoms. The first kappa shape index (κ1) is 21.5. The van der Waals surface area contributed by atoms with Crippen molar-refractivity contribution in [1.29, 1.82) is 0 Å². The Morgan fingerprint density at radius 1 is 0.971 bits per heavy atom. The van der Waals surface area contributed by atoms with Crippen LogP contribution in [0.25, 0.3) is 17.0 Å². The minimum Gasteiger partial charge on any atom is -0.486 e. The van der Waals surface area contributed by atoms with Gasteiger partial charge in [0.1, 0.15) is 19.8 Å². The third-order valence-corrected chi connectivity index (χ3v) is 5.57. The van der Waals surface area contributed by atoms with Gasteiger partial charge in [0.2, 0.25) is 5.91 Å². The highest BCUT2D eigenvalue weighted by atomic mass is 16.6. The van der Waals surface area contributed by atoms with Crippen molar-refractivity contribution in [3.63, 3.8) is 0 Å². The predicted molar refractivity (Wildman–Crippen MR) is 131 cm³/mol. The van der Waals surface area contributed by atoms with Crippen molar-refractivity contribution >= 4 is 28.6 Å². The van der Waals surface area contributed by atoms with Crippen molar-refractivity contribution in [3.05, 3.63) is 101 Å². The number of anilines is 1. The van der Waals surface area contributed by atoms with E-state index in [4.69, 9.17) is 9.47 Å². The Bertz CT molecular complexity index is 1410. The molecule has 5 rings (SSSR count). The third kappa shape index (κ3) is 4.54.